The first-order valence-electron chi connectivity index (χ1n) is 10.3. The number of halogens is 1. The van der Waals surface area contributed by atoms with Crippen molar-refractivity contribution >= 4 is 18.3 Å². The molecule has 27 heavy (non-hydrogen) atoms. The number of piperazine rings is 1. The Bertz CT molecular complexity index is 615. The highest BCUT2D eigenvalue weighted by atomic mass is 35.5. The zero-order chi connectivity index (χ0) is 17.8. The van der Waals surface area contributed by atoms with Gasteiger partial charge in [-0.2, -0.15) is 0 Å². The fourth-order valence-corrected chi connectivity index (χ4v) is 4.55. The molecule has 2 aliphatic heterocycles. The summed E-state index contributed by atoms with van der Waals surface area (Å²) in [7, 11) is 0. The Morgan fingerprint density at radius 3 is 2.52 bits per heavy atom. The molecule has 3 aliphatic rings. The third-order valence-corrected chi connectivity index (χ3v) is 6.08. The van der Waals surface area contributed by atoms with Gasteiger partial charge in [-0.3, -0.25) is 9.69 Å². The number of amides is 1. The van der Waals surface area contributed by atoms with Crippen molar-refractivity contribution in [3.8, 4) is 5.75 Å². The molecule has 1 atom stereocenters. The Balaban J connectivity index is 0.00000210. The molecule has 1 unspecified atom stereocenters. The lowest BCUT2D eigenvalue weighted by Gasteiger charge is -2.32. The van der Waals surface area contributed by atoms with E-state index in [0.717, 1.165) is 69.8 Å². The van der Waals surface area contributed by atoms with Gasteiger partial charge in [0.1, 0.15) is 5.75 Å². The van der Waals surface area contributed by atoms with E-state index in [0.29, 0.717) is 6.04 Å². The third kappa shape index (κ3) is 4.95. The molecule has 0 bridgehead atoms. The van der Waals surface area contributed by atoms with Gasteiger partial charge in [0.15, 0.2) is 0 Å². The van der Waals surface area contributed by atoms with Crippen LogP contribution < -0.4 is 10.1 Å². The number of hydrogen-bond acceptors (Lipinski definition) is 4. The van der Waals surface area contributed by atoms with Crippen LogP contribution in [0.3, 0.4) is 0 Å². The second kappa shape index (κ2) is 9.76. The van der Waals surface area contributed by atoms with E-state index in [4.69, 9.17) is 4.74 Å². The van der Waals surface area contributed by atoms with E-state index < -0.39 is 0 Å². The van der Waals surface area contributed by atoms with Gasteiger partial charge in [-0.25, -0.2) is 0 Å². The maximum atomic E-state index is 13.2. The quantitative estimate of drug-likeness (QED) is 0.854. The second-order valence-corrected chi connectivity index (χ2v) is 7.85. The fraction of sp³-hybridized carbons (Fsp3) is 0.667. The normalized spacial score (nSPS) is 24.4. The summed E-state index contributed by atoms with van der Waals surface area (Å²) >= 11 is 0. The molecule has 5 nitrogen and oxygen atoms in total. The Kier molecular flexibility index (Phi) is 7.39. The van der Waals surface area contributed by atoms with E-state index in [1.807, 2.05) is 29.2 Å². The Labute approximate surface area is 168 Å². The molecule has 1 saturated carbocycles. The zero-order valence-corrected chi connectivity index (χ0v) is 16.9. The molecule has 2 saturated heterocycles. The number of para-hydroxylation sites is 1. The van der Waals surface area contributed by atoms with Gasteiger partial charge in [0, 0.05) is 45.3 Å². The van der Waals surface area contributed by atoms with E-state index in [9.17, 15) is 4.79 Å². The minimum absolute atomic E-state index is 0. The molecule has 1 N–H and O–H groups in total. The van der Waals surface area contributed by atoms with Crippen molar-refractivity contribution in [1.29, 1.82) is 0 Å². The van der Waals surface area contributed by atoms with Crippen LogP contribution in [0.2, 0.25) is 0 Å². The highest BCUT2D eigenvalue weighted by Crippen LogP contribution is 2.28. The number of likely N-dealkylation sites (tertiary alicyclic amines) is 1. The summed E-state index contributed by atoms with van der Waals surface area (Å²) in [5.41, 5.74) is 0.735. The van der Waals surface area contributed by atoms with Crippen molar-refractivity contribution < 1.29 is 9.53 Å². The predicted octanol–water partition coefficient (Wildman–Crippen LogP) is 2.94. The first-order valence-corrected chi connectivity index (χ1v) is 10.3. The fourth-order valence-electron chi connectivity index (χ4n) is 4.55. The molecule has 0 spiro atoms. The van der Waals surface area contributed by atoms with Crippen LogP contribution in [0.5, 0.6) is 5.75 Å². The predicted molar refractivity (Wildman–Crippen MR) is 110 cm³/mol. The molecule has 1 aliphatic carbocycles. The van der Waals surface area contributed by atoms with Crippen LogP contribution in [-0.4, -0.2) is 67.1 Å². The molecule has 4 rings (SSSR count). The molecule has 1 aromatic carbocycles. The molecule has 150 valence electrons. The summed E-state index contributed by atoms with van der Waals surface area (Å²) in [5.74, 6) is 0.907. The van der Waals surface area contributed by atoms with E-state index in [2.05, 4.69) is 10.2 Å². The van der Waals surface area contributed by atoms with Gasteiger partial charge in [-0.15, -0.1) is 12.4 Å². The van der Waals surface area contributed by atoms with Crippen molar-refractivity contribution in [2.75, 3.05) is 39.3 Å². The van der Waals surface area contributed by atoms with E-state index in [1.165, 1.54) is 19.3 Å². The van der Waals surface area contributed by atoms with Gasteiger partial charge in [0.05, 0.1) is 11.7 Å². The second-order valence-electron chi connectivity index (χ2n) is 7.85. The Morgan fingerprint density at radius 1 is 1.00 bits per heavy atom. The zero-order valence-electron chi connectivity index (χ0n) is 16.1. The smallest absolute Gasteiger partial charge is 0.257 e. The molecular formula is C21H32ClN3O2. The average Bonchev–Trinajstić information content (AvgIpc) is 3.20. The summed E-state index contributed by atoms with van der Waals surface area (Å²) in [5, 5.41) is 3.41. The van der Waals surface area contributed by atoms with E-state index >= 15 is 0 Å². The number of ether oxygens (including phenoxy) is 1. The van der Waals surface area contributed by atoms with Gasteiger partial charge in [-0.05, 0) is 44.2 Å². The minimum atomic E-state index is 0. The number of carbonyl (C=O) groups is 1. The van der Waals surface area contributed by atoms with E-state index in [1.54, 1.807) is 0 Å². The molecule has 1 amide bonds. The van der Waals surface area contributed by atoms with Crippen molar-refractivity contribution in [3.05, 3.63) is 29.8 Å². The number of benzene rings is 1. The van der Waals surface area contributed by atoms with Crippen molar-refractivity contribution in [2.45, 2.75) is 50.7 Å². The minimum Gasteiger partial charge on any atom is -0.490 e. The third-order valence-electron chi connectivity index (χ3n) is 6.08. The summed E-state index contributed by atoms with van der Waals surface area (Å²) < 4.78 is 6.24. The highest BCUT2D eigenvalue weighted by molar-refractivity contribution is 5.97. The first-order chi connectivity index (χ1) is 12.8. The molecule has 0 aromatic heterocycles. The van der Waals surface area contributed by atoms with E-state index in [-0.39, 0.29) is 24.4 Å². The van der Waals surface area contributed by atoms with Crippen molar-refractivity contribution in [1.82, 2.24) is 15.1 Å². The molecule has 3 fully saturated rings. The lowest BCUT2D eigenvalue weighted by molar-refractivity contribution is 0.0762. The number of rotatable bonds is 4. The molecular weight excluding hydrogens is 362 g/mol. The van der Waals surface area contributed by atoms with Gasteiger partial charge >= 0.3 is 0 Å². The Morgan fingerprint density at radius 2 is 1.74 bits per heavy atom. The summed E-state index contributed by atoms with van der Waals surface area (Å²) in [6.45, 7) is 5.99. The van der Waals surface area contributed by atoms with Crippen molar-refractivity contribution in [3.63, 3.8) is 0 Å². The van der Waals surface area contributed by atoms with Gasteiger partial charge < -0.3 is 15.0 Å². The number of hydrogen-bond donors (Lipinski definition) is 1. The number of nitrogens with one attached hydrogen (secondary N) is 1. The van der Waals surface area contributed by atoms with Gasteiger partial charge in [0.2, 0.25) is 0 Å². The maximum Gasteiger partial charge on any atom is 0.257 e. The van der Waals surface area contributed by atoms with Crippen LogP contribution in [0.15, 0.2) is 24.3 Å². The summed E-state index contributed by atoms with van der Waals surface area (Å²) in [6, 6.07) is 8.32. The molecule has 1 aromatic rings. The van der Waals surface area contributed by atoms with Crippen LogP contribution in [0, 0.1) is 0 Å². The first kappa shape index (κ1) is 20.4. The Hall–Kier alpha value is -1.30. The lowest BCUT2D eigenvalue weighted by atomic mass is 9.97. The maximum absolute atomic E-state index is 13.2. The highest BCUT2D eigenvalue weighted by Gasteiger charge is 2.32. The monoisotopic (exact) mass is 393 g/mol. The van der Waals surface area contributed by atoms with Gasteiger partial charge in [-0.1, -0.05) is 18.6 Å². The summed E-state index contributed by atoms with van der Waals surface area (Å²) in [4.78, 5) is 17.7. The van der Waals surface area contributed by atoms with Crippen LogP contribution in [-0.2, 0) is 0 Å². The van der Waals surface area contributed by atoms with Crippen LogP contribution >= 0.6 is 12.4 Å². The lowest BCUT2D eigenvalue weighted by Crippen LogP contribution is -2.49. The molecule has 0 radical (unpaired) electrons. The van der Waals surface area contributed by atoms with Crippen LogP contribution in [0.1, 0.15) is 48.9 Å². The SMILES string of the molecule is Cl.O=C(c1ccccc1OC1CCCCC1)N1CCC(N2CCNCC2)C1. The van der Waals surface area contributed by atoms with Crippen LogP contribution in [0.25, 0.3) is 0 Å². The number of carbonyl (C=O) groups excluding carboxylic acids is 1. The average molecular weight is 394 g/mol. The topological polar surface area (TPSA) is 44.8 Å². The number of nitrogens with zero attached hydrogens (tertiary/aromatic N) is 2. The molecule has 6 heteroatoms. The standard InChI is InChI=1S/C21H31N3O2.ClH/c25-21(24-13-10-17(16-24)23-14-11-22-12-15-23)19-8-4-5-9-20(19)26-18-6-2-1-3-7-18;/h4-5,8-9,17-18,22H,1-3,6-7,10-16H2;1H. The van der Waals surface area contributed by atoms with Crippen LogP contribution in [0.4, 0.5) is 0 Å². The van der Waals surface area contributed by atoms with Crippen molar-refractivity contribution in [2.24, 2.45) is 0 Å². The largest absolute Gasteiger partial charge is 0.490 e. The summed E-state index contributed by atoms with van der Waals surface area (Å²) in [6.07, 6.45) is 7.34. The molecule has 2 heterocycles. The van der Waals surface area contributed by atoms with Gasteiger partial charge in [0.25, 0.3) is 5.91 Å².